The van der Waals surface area contributed by atoms with Crippen LogP contribution in [0.4, 0.5) is 4.79 Å². The summed E-state index contributed by atoms with van der Waals surface area (Å²) in [7, 11) is 0. The molecule has 0 aromatic rings. The molecule has 5 heteroatoms. The number of unbranched alkanes of at least 4 members (excludes halogenated alkanes) is 1. The number of carboxylic acids is 1. The van der Waals surface area contributed by atoms with Crippen LogP contribution in [-0.2, 0) is 14.3 Å². The fraction of sp³-hybridized carbons (Fsp3) is 0.778. The Morgan fingerprint density at radius 2 is 2.00 bits per heavy atom. The van der Waals surface area contributed by atoms with E-state index in [1.165, 1.54) is 0 Å². The molecule has 0 saturated heterocycles. The maximum Gasteiger partial charge on any atom is 0.509 e. The van der Waals surface area contributed by atoms with Crippen LogP contribution in [0.25, 0.3) is 0 Å². The molecule has 0 heterocycles. The summed E-state index contributed by atoms with van der Waals surface area (Å²) in [6, 6.07) is 0. The van der Waals surface area contributed by atoms with Crippen LogP contribution in [0.15, 0.2) is 0 Å². The van der Waals surface area contributed by atoms with Crippen LogP contribution in [0.2, 0.25) is 0 Å². The molecule has 0 radical (unpaired) electrons. The fourth-order valence-electron chi connectivity index (χ4n) is 0.758. The van der Waals surface area contributed by atoms with E-state index in [0.717, 1.165) is 12.8 Å². The minimum Gasteiger partial charge on any atom is -0.479 e. The molecule has 1 atom stereocenters. The second-order valence-electron chi connectivity index (χ2n) is 2.80. The van der Waals surface area contributed by atoms with E-state index >= 15 is 0 Å². The second kappa shape index (κ2) is 7.17. The number of carbonyl (C=O) groups excluding carboxylic acids is 1. The van der Waals surface area contributed by atoms with E-state index in [1.54, 1.807) is 6.92 Å². The maximum atomic E-state index is 10.9. The third-order valence-electron chi connectivity index (χ3n) is 1.60. The van der Waals surface area contributed by atoms with Crippen molar-refractivity contribution in [3.05, 3.63) is 0 Å². The summed E-state index contributed by atoms with van der Waals surface area (Å²) < 4.78 is 9.19. The average Bonchev–Trinajstić information content (AvgIpc) is 2.14. The first-order valence-corrected chi connectivity index (χ1v) is 4.68. The van der Waals surface area contributed by atoms with E-state index in [0.29, 0.717) is 0 Å². The third kappa shape index (κ3) is 5.40. The Balaban J connectivity index is 3.74. The highest BCUT2D eigenvalue weighted by Crippen LogP contribution is 2.01. The molecule has 0 aliphatic rings. The Kier molecular flexibility index (Phi) is 6.53. The van der Waals surface area contributed by atoms with Gasteiger partial charge in [-0.05, 0) is 12.8 Å². The second-order valence-corrected chi connectivity index (χ2v) is 2.80. The summed E-state index contributed by atoms with van der Waals surface area (Å²) in [6.07, 6.45) is -0.127. The third-order valence-corrected chi connectivity index (χ3v) is 1.60. The molecule has 0 amide bonds. The van der Waals surface area contributed by atoms with Gasteiger partial charge in [-0.2, -0.15) is 0 Å². The minimum atomic E-state index is -1.15. The molecule has 0 bridgehead atoms. The molecule has 0 aliphatic heterocycles. The van der Waals surface area contributed by atoms with Gasteiger partial charge in [0.1, 0.15) is 0 Å². The lowest BCUT2D eigenvalue weighted by molar-refractivity contribution is -0.148. The van der Waals surface area contributed by atoms with Crippen molar-refractivity contribution >= 4 is 12.1 Å². The zero-order valence-corrected chi connectivity index (χ0v) is 8.49. The van der Waals surface area contributed by atoms with E-state index in [9.17, 15) is 9.59 Å². The molecule has 0 saturated carbocycles. The Labute approximate surface area is 83.0 Å². The summed E-state index contributed by atoms with van der Waals surface area (Å²) in [6.45, 7) is 3.85. The minimum absolute atomic E-state index is 0.234. The van der Waals surface area contributed by atoms with Crippen molar-refractivity contribution in [2.45, 2.75) is 39.2 Å². The first-order valence-electron chi connectivity index (χ1n) is 4.68. The fourth-order valence-corrected chi connectivity index (χ4v) is 0.758. The van der Waals surface area contributed by atoms with Crippen LogP contribution >= 0.6 is 0 Å². The topological polar surface area (TPSA) is 72.8 Å². The van der Waals surface area contributed by atoms with Crippen molar-refractivity contribution in [2.75, 3.05) is 6.61 Å². The molecule has 0 aromatic carbocycles. The molecule has 14 heavy (non-hydrogen) atoms. The lowest BCUT2D eigenvalue weighted by Gasteiger charge is -2.11. The predicted octanol–water partition coefficient (Wildman–Crippen LogP) is 1.80. The van der Waals surface area contributed by atoms with Gasteiger partial charge >= 0.3 is 12.1 Å². The smallest absolute Gasteiger partial charge is 0.479 e. The Morgan fingerprint density at radius 1 is 1.36 bits per heavy atom. The van der Waals surface area contributed by atoms with Gasteiger partial charge in [0.25, 0.3) is 0 Å². The summed E-state index contributed by atoms with van der Waals surface area (Å²) in [4.78, 5) is 21.3. The molecule has 0 rings (SSSR count). The van der Waals surface area contributed by atoms with Crippen LogP contribution in [0, 0.1) is 0 Å². The number of ether oxygens (including phenoxy) is 2. The van der Waals surface area contributed by atoms with E-state index in [2.05, 4.69) is 9.47 Å². The first-order chi connectivity index (χ1) is 6.61. The summed E-state index contributed by atoms with van der Waals surface area (Å²) in [5.74, 6) is -1.15. The summed E-state index contributed by atoms with van der Waals surface area (Å²) >= 11 is 0. The predicted molar refractivity (Wildman–Crippen MR) is 49.1 cm³/mol. The molecule has 5 nitrogen and oxygen atoms in total. The molecule has 0 aliphatic carbocycles. The number of hydrogen-bond donors (Lipinski definition) is 1. The van der Waals surface area contributed by atoms with Crippen LogP contribution in [0.5, 0.6) is 0 Å². The first kappa shape index (κ1) is 12.7. The average molecular weight is 204 g/mol. The van der Waals surface area contributed by atoms with Crippen molar-refractivity contribution in [3.63, 3.8) is 0 Å². The molecule has 0 aromatic heterocycles. The molecule has 1 N–H and O–H groups in total. The molecular formula is C9H16O5. The van der Waals surface area contributed by atoms with Gasteiger partial charge in [-0.1, -0.05) is 20.3 Å². The summed E-state index contributed by atoms with van der Waals surface area (Å²) in [5.41, 5.74) is 0. The van der Waals surface area contributed by atoms with Crippen molar-refractivity contribution in [1.29, 1.82) is 0 Å². The normalized spacial score (nSPS) is 11.9. The number of rotatable bonds is 6. The number of aliphatic carboxylic acids is 1. The van der Waals surface area contributed by atoms with Crippen molar-refractivity contribution in [3.8, 4) is 0 Å². The van der Waals surface area contributed by atoms with Gasteiger partial charge in [-0.25, -0.2) is 9.59 Å². The van der Waals surface area contributed by atoms with Gasteiger partial charge < -0.3 is 14.6 Å². The van der Waals surface area contributed by atoms with Crippen LogP contribution in [0.1, 0.15) is 33.1 Å². The standard InChI is InChI=1S/C9H16O5/c1-3-5-6-13-9(12)14-7(4-2)8(10)11/h7H,3-6H2,1-2H3,(H,10,11). The maximum absolute atomic E-state index is 10.9. The van der Waals surface area contributed by atoms with Gasteiger partial charge in [0, 0.05) is 0 Å². The highest BCUT2D eigenvalue weighted by Gasteiger charge is 2.20. The highest BCUT2D eigenvalue weighted by atomic mass is 16.7. The van der Waals surface area contributed by atoms with E-state index in [1.807, 2.05) is 6.92 Å². The molecule has 1 unspecified atom stereocenters. The number of carboxylic acid groups (broad SMARTS) is 1. The van der Waals surface area contributed by atoms with Crippen molar-refractivity contribution < 1.29 is 24.2 Å². The lowest BCUT2D eigenvalue weighted by Crippen LogP contribution is -2.26. The largest absolute Gasteiger partial charge is 0.509 e. The molecular weight excluding hydrogens is 188 g/mol. The lowest BCUT2D eigenvalue weighted by atomic mass is 10.3. The van der Waals surface area contributed by atoms with E-state index in [-0.39, 0.29) is 13.0 Å². The van der Waals surface area contributed by atoms with Crippen molar-refractivity contribution in [2.24, 2.45) is 0 Å². The van der Waals surface area contributed by atoms with E-state index in [4.69, 9.17) is 5.11 Å². The molecule has 82 valence electrons. The quantitative estimate of drug-likeness (QED) is 0.527. The van der Waals surface area contributed by atoms with Crippen LogP contribution < -0.4 is 0 Å². The highest BCUT2D eigenvalue weighted by molar-refractivity contribution is 5.75. The van der Waals surface area contributed by atoms with Gasteiger partial charge in [0.15, 0.2) is 0 Å². The summed E-state index contributed by atoms with van der Waals surface area (Å²) in [5, 5.41) is 8.56. The SMILES string of the molecule is CCCCOC(=O)OC(CC)C(=O)O. The van der Waals surface area contributed by atoms with Gasteiger partial charge in [-0.3, -0.25) is 0 Å². The van der Waals surface area contributed by atoms with Crippen molar-refractivity contribution in [1.82, 2.24) is 0 Å². The molecule has 0 fully saturated rings. The number of carbonyl (C=O) groups is 2. The monoisotopic (exact) mass is 204 g/mol. The van der Waals surface area contributed by atoms with Crippen LogP contribution in [0.3, 0.4) is 0 Å². The van der Waals surface area contributed by atoms with Gasteiger partial charge in [0.05, 0.1) is 6.61 Å². The zero-order valence-electron chi connectivity index (χ0n) is 8.49. The van der Waals surface area contributed by atoms with Gasteiger partial charge in [-0.15, -0.1) is 0 Å². The Hall–Kier alpha value is -1.26. The Bertz CT molecular complexity index is 190. The van der Waals surface area contributed by atoms with Gasteiger partial charge in [0.2, 0.25) is 6.10 Å². The molecule has 0 spiro atoms. The Morgan fingerprint density at radius 3 is 2.43 bits per heavy atom. The van der Waals surface area contributed by atoms with Crippen LogP contribution in [-0.4, -0.2) is 29.9 Å². The zero-order chi connectivity index (χ0) is 11.0. The number of hydrogen-bond acceptors (Lipinski definition) is 4. The van der Waals surface area contributed by atoms with E-state index < -0.39 is 18.2 Å².